The van der Waals surface area contributed by atoms with Crippen molar-refractivity contribution in [2.45, 2.75) is 38.8 Å². The number of aryl methyl sites for hydroxylation is 1. The summed E-state index contributed by atoms with van der Waals surface area (Å²) in [6.07, 6.45) is 3.58. The molecule has 3 aromatic heterocycles. The van der Waals surface area contributed by atoms with Gasteiger partial charge in [0.1, 0.15) is 23.9 Å². The van der Waals surface area contributed by atoms with E-state index in [1.54, 1.807) is 10.5 Å². The van der Waals surface area contributed by atoms with Gasteiger partial charge in [0.15, 0.2) is 5.01 Å². The number of nitrogens with one attached hydrogen (secondary N) is 1. The van der Waals surface area contributed by atoms with Crippen molar-refractivity contribution in [2.24, 2.45) is 0 Å². The van der Waals surface area contributed by atoms with Gasteiger partial charge in [-0.2, -0.15) is 0 Å². The topological polar surface area (TPSA) is 51.7 Å². The van der Waals surface area contributed by atoms with Crippen LogP contribution in [-0.2, 0) is 6.54 Å². The zero-order chi connectivity index (χ0) is 19.1. The van der Waals surface area contributed by atoms with E-state index in [9.17, 15) is 4.79 Å². The largest absolute Gasteiger partial charge is 0.322 e. The number of pyridine rings is 1. The van der Waals surface area contributed by atoms with E-state index in [4.69, 9.17) is 9.97 Å². The maximum absolute atomic E-state index is 12.6. The van der Waals surface area contributed by atoms with Crippen molar-refractivity contribution in [1.82, 2.24) is 14.4 Å². The summed E-state index contributed by atoms with van der Waals surface area (Å²) in [5.74, 6) is 0. The highest BCUT2D eigenvalue weighted by atomic mass is 32.1. The molecule has 4 heterocycles. The molecular formula is C22H23N4OS+. The number of hydrogen-bond donors (Lipinski definition) is 1. The van der Waals surface area contributed by atoms with E-state index in [-0.39, 0.29) is 5.56 Å². The number of rotatable bonds is 3. The first-order valence-electron chi connectivity index (χ1n) is 9.87. The molecule has 1 N–H and O–H groups in total. The van der Waals surface area contributed by atoms with E-state index >= 15 is 0 Å². The van der Waals surface area contributed by atoms with E-state index in [2.05, 4.69) is 18.2 Å². The number of benzene rings is 1. The Bertz CT molecular complexity index is 1180. The molecule has 0 bridgehead atoms. The minimum Gasteiger partial charge on any atom is -0.322 e. The Morgan fingerprint density at radius 1 is 1.14 bits per heavy atom. The number of likely N-dealkylation sites (tertiary alicyclic amines) is 1. The summed E-state index contributed by atoms with van der Waals surface area (Å²) in [5, 5.41) is 1.21. The van der Waals surface area contributed by atoms with Crippen LogP contribution in [0, 0.1) is 6.92 Å². The smallest absolute Gasteiger partial charge is 0.258 e. The number of thiazole rings is 1. The summed E-state index contributed by atoms with van der Waals surface area (Å²) in [6.45, 7) is 3.80. The highest BCUT2D eigenvalue weighted by molar-refractivity contribution is 7.18. The Labute approximate surface area is 167 Å². The second kappa shape index (κ2) is 7.11. The van der Waals surface area contributed by atoms with E-state index in [1.807, 2.05) is 42.5 Å². The van der Waals surface area contributed by atoms with Crippen LogP contribution in [0.4, 0.5) is 0 Å². The molecule has 0 spiro atoms. The van der Waals surface area contributed by atoms with Crippen LogP contribution in [0.25, 0.3) is 15.9 Å². The molecule has 5 nitrogen and oxygen atoms in total. The van der Waals surface area contributed by atoms with Gasteiger partial charge in [-0.1, -0.05) is 18.2 Å². The van der Waals surface area contributed by atoms with E-state index in [1.165, 1.54) is 27.4 Å². The summed E-state index contributed by atoms with van der Waals surface area (Å²) < 4.78 is 2.93. The quantitative estimate of drug-likeness (QED) is 0.584. The van der Waals surface area contributed by atoms with Gasteiger partial charge in [-0.05, 0) is 44.0 Å². The van der Waals surface area contributed by atoms with E-state index < -0.39 is 0 Å². The Kier molecular flexibility index (Phi) is 4.45. The first-order valence-corrected chi connectivity index (χ1v) is 10.7. The van der Waals surface area contributed by atoms with Crippen LogP contribution in [-0.4, -0.2) is 20.9 Å². The minimum atomic E-state index is 0.00560. The Hall–Kier alpha value is -2.57. The third-order valence-corrected chi connectivity index (χ3v) is 6.83. The van der Waals surface area contributed by atoms with Crippen LogP contribution in [0.2, 0.25) is 0 Å². The summed E-state index contributed by atoms with van der Waals surface area (Å²) >= 11 is 1.81. The first kappa shape index (κ1) is 17.5. The van der Waals surface area contributed by atoms with Crippen molar-refractivity contribution < 1.29 is 4.90 Å². The Morgan fingerprint density at radius 3 is 2.93 bits per heavy atom. The lowest BCUT2D eigenvalue weighted by Crippen LogP contribution is -3.11. The highest BCUT2D eigenvalue weighted by Gasteiger charge is 2.31. The average molecular weight is 392 g/mol. The predicted octanol–water partition coefficient (Wildman–Crippen LogP) is 2.92. The molecule has 0 aliphatic carbocycles. The van der Waals surface area contributed by atoms with Crippen LogP contribution in [0.3, 0.4) is 0 Å². The molecule has 2 atom stereocenters. The summed E-state index contributed by atoms with van der Waals surface area (Å²) in [4.78, 5) is 23.8. The van der Waals surface area contributed by atoms with Gasteiger partial charge in [0, 0.05) is 18.2 Å². The number of aromatic nitrogens is 3. The molecule has 0 saturated carbocycles. The van der Waals surface area contributed by atoms with Gasteiger partial charge in [0.2, 0.25) is 0 Å². The van der Waals surface area contributed by atoms with E-state index in [0.29, 0.717) is 6.04 Å². The average Bonchev–Trinajstić information content (AvgIpc) is 3.12. The lowest BCUT2D eigenvalue weighted by atomic mass is 10.0. The van der Waals surface area contributed by atoms with Gasteiger partial charge >= 0.3 is 0 Å². The van der Waals surface area contributed by atoms with Crippen molar-refractivity contribution in [3.63, 3.8) is 0 Å². The first-order chi connectivity index (χ1) is 13.7. The Morgan fingerprint density at radius 2 is 2.04 bits per heavy atom. The second-order valence-corrected chi connectivity index (χ2v) is 8.66. The molecule has 1 fully saturated rings. The molecule has 142 valence electrons. The van der Waals surface area contributed by atoms with Crippen LogP contribution in [0.5, 0.6) is 0 Å². The van der Waals surface area contributed by atoms with Crippen molar-refractivity contribution in [2.75, 3.05) is 6.54 Å². The lowest BCUT2D eigenvalue weighted by Gasteiger charge is -2.31. The van der Waals surface area contributed by atoms with Crippen molar-refractivity contribution in [1.29, 1.82) is 0 Å². The SMILES string of the molecule is Cc1cccc2nc(C[NH+]3CCCC[C@@H]3c3nc4ccccc4s3)cc(=O)n12. The van der Waals surface area contributed by atoms with Gasteiger partial charge in [0.25, 0.3) is 5.56 Å². The van der Waals surface area contributed by atoms with Crippen molar-refractivity contribution in [3.8, 4) is 0 Å². The van der Waals surface area contributed by atoms with Crippen LogP contribution in [0.15, 0.2) is 53.3 Å². The van der Waals surface area contributed by atoms with Crippen LogP contribution >= 0.6 is 11.3 Å². The molecule has 28 heavy (non-hydrogen) atoms. The molecule has 1 saturated heterocycles. The number of hydrogen-bond acceptors (Lipinski definition) is 4. The number of para-hydroxylation sites is 1. The zero-order valence-corrected chi connectivity index (χ0v) is 16.7. The molecule has 0 radical (unpaired) electrons. The third kappa shape index (κ3) is 3.12. The summed E-state index contributed by atoms with van der Waals surface area (Å²) in [5.41, 5.74) is 3.62. The van der Waals surface area contributed by atoms with Gasteiger partial charge < -0.3 is 4.90 Å². The third-order valence-electron chi connectivity index (χ3n) is 5.68. The second-order valence-electron chi connectivity index (χ2n) is 7.60. The minimum absolute atomic E-state index is 0.00560. The molecule has 5 rings (SSSR count). The monoisotopic (exact) mass is 391 g/mol. The molecule has 6 heteroatoms. The predicted molar refractivity (Wildman–Crippen MR) is 112 cm³/mol. The molecule has 1 aromatic carbocycles. The fourth-order valence-electron chi connectivity index (χ4n) is 4.31. The van der Waals surface area contributed by atoms with Gasteiger partial charge in [-0.25, -0.2) is 9.97 Å². The standard InChI is InChI=1S/C22H22N4OS/c1-15-7-6-11-20-23-16(13-21(27)26(15)20)14-25-12-5-4-9-18(25)22-24-17-8-2-3-10-19(17)28-22/h2-3,6-8,10-11,13,18H,4-5,9,12,14H2,1H3/p+1/t18-/m1/s1. The zero-order valence-electron chi connectivity index (χ0n) is 15.9. The number of quaternary nitrogens is 1. The van der Waals surface area contributed by atoms with Gasteiger partial charge in [0.05, 0.1) is 16.8 Å². The molecule has 1 aliphatic rings. The normalized spacial score (nSPS) is 20.0. The highest BCUT2D eigenvalue weighted by Crippen LogP contribution is 2.28. The van der Waals surface area contributed by atoms with Crippen LogP contribution in [0.1, 0.15) is 41.7 Å². The fraction of sp³-hybridized carbons (Fsp3) is 0.318. The molecule has 1 unspecified atom stereocenters. The number of fused-ring (bicyclic) bond motifs is 2. The molecule has 1 aliphatic heterocycles. The molecular weight excluding hydrogens is 368 g/mol. The lowest BCUT2D eigenvalue weighted by molar-refractivity contribution is -0.950. The molecule has 0 amide bonds. The number of piperidine rings is 1. The van der Waals surface area contributed by atoms with Crippen molar-refractivity contribution >= 4 is 27.2 Å². The van der Waals surface area contributed by atoms with Gasteiger partial charge in [-0.15, -0.1) is 11.3 Å². The van der Waals surface area contributed by atoms with E-state index in [0.717, 1.165) is 42.1 Å². The summed E-state index contributed by atoms with van der Waals surface area (Å²) in [6, 6.07) is 16.2. The number of nitrogens with zero attached hydrogens (tertiary/aromatic N) is 3. The van der Waals surface area contributed by atoms with Crippen molar-refractivity contribution in [3.05, 3.63) is 75.3 Å². The maximum atomic E-state index is 12.6. The van der Waals surface area contributed by atoms with Crippen LogP contribution < -0.4 is 10.5 Å². The fourth-order valence-corrected chi connectivity index (χ4v) is 5.48. The van der Waals surface area contributed by atoms with Gasteiger partial charge in [-0.3, -0.25) is 9.20 Å². The summed E-state index contributed by atoms with van der Waals surface area (Å²) in [7, 11) is 0. The Balaban J connectivity index is 1.49. The maximum Gasteiger partial charge on any atom is 0.258 e. The molecule has 4 aromatic rings.